The van der Waals surface area contributed by atoms with Crippen LogP contribution in [-0.2, 0) is 9.53 Å². The molecule has 2 rings (SSSR count). The molecule has 126 valence electrons. The van der Waals surface area contributed by atoms with Gasteiger partial charge in [-0.3, -0.25) is 4.79 Å². The van der Waals surface area contributed by atoms with Gasteiger partial charge in [-0.15, -0.1) is 0 Å². The van der Waals surface area contributed by atoms with Crippen molar-refractivity contribution in [3.63, 3.8) is 0 Å². The number of methoxy groups -OCH3 is 1. The van der Waals surface area contributed by atoms with Crippen LogP contribution in [0.4, 0.5) is 5.69 Å². The molecule has 1 aromatic heterocycles. The lowest BCUT2D eigenvalue weighted by Gasteiger charge is -2.14. The van der Waals surface area contributed by atoms with Crippen molar-refractivity contribution in [2.45, 2.75) is 20.0 Å². The molecule has 1 amide bonds. The van der Waals surface area contributed by atoms with Gasteiger partial charge >= 0.3 is 5.97 Å². The van der Waals surface area contributed by atoms with Crippen molar-refractivity contribution in [2.24, 2.45) is 0 Å². The highest BCUT2D eigenvalue weighted by Gasteiger charge is 2.20. The summed E-state index contributed by atoms with van der Waals surface area (Å²) in [5.41, 5.74) is 1.55. The van der Waals surface area contributed by atoms with Crippen molar-refractivity contribution in [1.82, 2.24) is 4.98 Å². The molecule has 0 aliphatic rings. The van der Waals surface area contributed by atoms with Gasteiger partial charge in [0, 0.05) is 6.20 Å². The minimum absolute atomic E-state index is 0.160. The predicted molar refractivity (Wildman–Crippen MR) is 90.5 cm³/mol. The third-order valence-electron chi connectivity index (χ3n) is 3.31. The smallest absolute Gasteiger partial charge is 0.339 e. The SMILES string of the molecule is COc1cc(C(=O)O[C@H](C)C(=O)Nc2cccnc2Cl)ccc1C. The molecule has 24 heavy (non-hydrogen) atoms. The lowest BCUT2D eigenvalue weighted by atomic mass is 10.1. The summed E-state index contributed by atoms with van der Waals surface area (Å²) in [5.74, 6) is -0.547. The Kier molecular flexibility index (Phi) is 5.76. The molecule has 0 aliphatic heterocycles. The molecule has 1 aromatic carbocycles. The second-order valence-electron chi connectivity index (χ2n) is 5.06. The number of ether oxygens (including phenoxy) is 2. The molecule has 0 saturated heterocycles. The molecule has 1 heterocycles. The molecule has 0 bridgehead atoms. The first-order valence-electron chi connectivity index (χ1n) is 7.19. The quantitative estimate of drug-likeness (QED) is 0.663. The van der Waals surface area contributed by atoms with Crippen molar-refractivity contribution >= 4 is 29.2 Å². The van der Waals surface area contributed by atoms with E-state index < -0.39 is 18.0 Å². The van der Waals surface area contributed by atoms with E-state index in [0.29, 0.717) is 17.0 Å². The number of aryl methyl sites for hydroxylation is 1. The standard InChI is InChI=1S/C17H17ClN2O4/c1-10-6-7-12(9-14(10)23-3)17(22)24-11(2)16(21)20-13-5-4-8-19-15(13)18/h4-9,11H,1-3H3,(H,20,21)/t11-/m1/s1. The Morgan fingerprint density at radius 3 is 2.71 bits per heavy atom. The van der Waals surface area contributed by atoms with Crippen molar-refractivity contribution in [2.75, 3.05) is 12.4 Å². The number of aromatic nitrogens is 1. The van der Waals surface area contributed by atoms with Crippen LogP contribution in [0, 0.1) is 6.92 Å². The largest absolute Gasteiger partial charge is 0.496 e. The Balaban J connectivity index is 2.03. The number of carbonyl (C=O) groups is 2. The molecule has 2 aromatic rings. The normalized spacial score (nSPS) is 11.5. The molecule has 0 saturated carbocycles. The number of amides is 1. The maximum Gasteiger partial charge on any atom is 0.339 e. The Bertz CT molecular complexity index is 764. The van der Waals surface area contributed by atoms with E-state index in [4.69, 9.17) is 21.1 Å². The number of esters is 1. The van der Waals surface area contributed by atoms with E-state index in [9.17, 15) is 9.59 Å². The van der Waals surface area contributed by atoms with Crippen LogP contribution in [0.2, 0.25) is 5.15 Å². The van der Waals surface area contributed by atoms with E-state index in [1.165, 1.54) is 20.2 Å². The number of nitrogens with zero attached hydrogens (tertiary/aromatic N) is 1. The van der Waals surface area contributed by atoms with Gasteiger partial charge in [0.25, 0.3) is 5.91 Å². The maximum atomic E-state index is 12.2. The van der Waals surface area contributed by atoms with Gasteiger partial charge in [0.2, 0.25) is 0 Å². The number of hydrogen-bond donors (Lipinski definition) is 1. The fraction of sp³-hybridized carbons (Fsp3) is 0.235. The Morgan fingerprint density at radius 1 is 1.29 bits per heavy atom. The number of pyridine rings is 1. The maximum absolute atomic E-state index is 12.2. The first-order chi connectivity index (χ1) is 11.4. The van der Waals surface area contributed by atoms with Crippen molar-refractivity contribution in [3.05, 3.63) is 52.8 Å². The van der Waals surface area contributed by atoms with E-state index in [2.05, 4.69) is 10.3 Å². The summed E-state index contributed by atoms with van der Waals surface area (Å²) in [4.78, 5) is 28.1. The molecular formula is C17H17ClN2O4. The molecule has 0 spiro atoms. The minimum atomic E-state index is -0.999. The van der Waals surface area contributed by atoms with E-state index in [1.54, 1.807) is 30.3 Å². The number of benzene rings is 1. The Hall–Kier alpha value is -2.60. The number of carbonyl (C=O) groups excluding carboxylic acids is 2. The van der Waals surface area contributed by atoms with Crippen molar-refractivity contribution < 1.29 is 19.1 Å². The molecule has 1 N–H and O–H groups in total. The highest BCUT2D eigenvalue weighted by molar-refractivity contribution is 6.32. The fourth-order valence-electron chi connectivity index (χ4n) is 1.94. The zero-order valence-electron chi connectivity index (χ0n) is 13.5. The number of hydrogen-bond acceptors (Lipinski definition) is 5. The molecular weight excluding hydrogens is 332 g/mol. The summed E-state index contributed by atoms with van der Waals surface area (Å²) in [6, 6.07) is 8.17. The van der Waals surface area contributed by atoms with Gasteiger partial charge in [-0.1, -0.05) is 17.7 Å². The van der Waals surface area contributed by atoms with Gasteiger partial charge in [0.05, 0.1) is 18.4 Å². The van der Waals surface area contributed by atoms with E-state index in [-0.39, 0.29) is 5.15 Å². The average Bonchev–Trinajstić information content (AvgIpc) is 2.57. The van der Waals surface area contributed by atoms with Gasteiger partial charge in [-0.05, 0) is 43.7 Å². The summed E-state index contributed by atoms with van der Waals surface area (Å²) in [7, 11) is 1.52. The van der Waals surface area contributed by atoms with Crippen LogP contribution in [0.15, 0.2) is 36.5 Å². The molecule has 0 unspecified atom stereocenters. The summed E-state index contributed by atoms with van der Waals surface area (Å²) in [5, 5.41) is 2.72. The lowest BCUT2D eigenvalue weighted by molar-refractivity contribution is -0.123. The van der Waals surface area contributed by atoms with Crippen LogP contribution < -0.4 is 10.1 Å². The van der Waals surface area contributed by atoms with Gasteiger partial charge in [0.15, 0.2) is 11.3 Å². The fourth-order valence-corrected chi connectivity index (χ4v) is 2.11. The monoisotopic (exact) mass is 348 g/mol. The lowest BCUT2D eigenvalue weighted by Crippen LogP contribution is -2.30. The summed E-state index contributed by atoms with van der Waals surface area (Å²) in [6.45, 7) is 3.34. The highest BCUT2D eigenvalue weighted by Crippen LogP contribution is 2.20. The van der Waals surface area contributed by atoms with Crippen LogP contribution >= 0.6 is 11.6 Å². The van der Waals surface area contributed by atoms with Crippen molar-refractivity contribution in [3.8, 4) is 5.75 Å². The first-order valence-corrected chi connectivity index (χ1v) is 7.57. The van der Waals surface area contributed by atoms with Gasteiger partial charge in [-0.2, -0.15) is 0 Å². The zero-order chi connectivity index (χ0) is 17.7. The minimum Gasteiger partial charge on any atom is -0.496 e. The van der Waals surface area contributed by atoms with E-state index >= 15 is 0 Å². The summed E-state index contributed by atoms with van der Waals surface area (Å²) in [6.07, 6.45) is 0.507. The van der Waals surface area contributed by atoms with Crippen LogP contribution in [0.1, 0.15) is 22.8 Å². The number of nitrogens with one attached hydrogen (secondary N) is 1. The zero-order valence-corrected chi connectivity index (χ0v) is 14.3. The Morgan fingerprint density at radius 2 is 2.04 bits per heavy atom. The molecule has 1 atom stereocenters. The highest BCUT2D eigenvalue weighted by atomic mass is 35.5. The molecule has 0 aliphatic carbocycles. The second kappa shape index (κ2) is 7.79. The number of anilines is 1. The third-order valence-corrected chi connectivity index (χ3v) is 3.61. The number of rotatable bonds is 5. The van der Waals surface area contributed by atoms with E-state index in [1.807, 2.05) is 6.92 Å². The van der Waals surface area contributed by atoms with Gasteiger partial charge in [0.1, 0.15) is 5.75 Å². The van der Waals surface area contributed by atoms with Crippen LogP contribution in [0.3, 0.4) is 0 Å². The van der Waals surface area contributed by atoms with Gasteiger partial charge in [-0.25, -0.2) is 9.78 Å². The van der Waals surface area contributed by atoms with Crippen LogP contribution in [-0.4, -0.2) is 30.1 Å². The van der Waals surface area contributed by atoms with Crippen LogP contribution in [0.25, 0.3) is 0 Å². The second-order valence-corrected chi connectivity index (χ2v) is 5.42. The topological polar surface area (TPSA) is 77.5 Å². The van der Waals surface area contributed by atoms with Crippen molar-refractivity contribution in [1.29, 1.82) is 0 Å². The van der Waals surface area contributed by atoms with E-state index in [0.717, 1.165) is 5.56 Å². The average molecular weight is 349 g/mol. The molecule has 7 heteroatoms. The summed E-state index contributed by atoms with van der Waals surface area (Å²) >= 11 is 5.88. The molecule has 0 fully saturated rings. The first kappa shape index (κ1) is 17.7. The molecule has 0 radical (unpaired) electrons. The Labute approximate surface area is 144 Å². The molecule has 6 nitrogen and oxygen atoms in total. The summed E-state index contributed by atoms with van der Waals surface area (Å²) < 4.78 is 10.4. The van der Waals surface area contributed by atoms with Gasteiger partial charge < -0.3 is 14.8 Å². The predicted octanol–water partition coefficient (Wildman–Crippen LogP) is 3.24. The van der Waals surface area contributed by atoms with Crippen LogP contribution in [0.5, 0.6) is 5.75 Å². The number of halogens is 1. The third kappa shape index (κ3) is 4.23.